The van der Waals surface area contributed by atoms with Crippen LogP contribution >= 0.6 is 0 Å². The number of hydrogen-bond donors (Lipinski definition) is 0. The molecule has 1 amide bonds. The van der Waals surface area contributed by atoms with Gasteiger partial charge in [0.15, 0.2) is 0 Å². The first kappa shape index (κ1) is 21.2. The van der Waals surface area contributed by atoms with Crippen molar-refractivity contribution in [2.24, 2.45) is 0 Å². The highest BCUT2D eigenvalue weighted by Gasteiger charge is 2.52. The van der Waals surface area contributed by atoms with Crippen molar-refractivity contribution in [2.75, 3.05) is 19.7 Å². The highest BCUT2D eigenvalue weighted by atomic mass is 16.7. The first-order valence-electron chi connectivity index (χ1n) is 9.94. The minimum absolute atomic E-state index is 0.253. The molecule has 2 fully saturated rings. The fraction of sp³-hybridized carbons (Fsp3) is 0.667. The Balaban J connectivity index is 1.80. The highest BCUT2D eigenvalue weighted by Crippen LogP contribution is 2.37. The smallest absolute Gasteiger partial charge is 0.444 e. The van der Waals surface area contributed by atoms with Gasteiger partial charge in [0.2, 0.25) is 0 Å². The Morgan fingerprint density at radius 3 is 2.36 bits per heavy atom. The number of carbonyl (C=O) groups excluding carboxylic acids is 1. The molecule has 3 rings (SSSR count). The van der Waals surface area contributed by atoms with E-state index >= 15 is 0 Å². The lowest BCUT2D eigenvalue weighted by atomic mass is 9.74. The van der Waals surface area contributed by atoms with Gasteiger partial charge in [-0.1, -0.05) is 24.3 Å². The molecule has 28 heavy (non-hydrogen) atoms. The zero-order valence-corrected chi connectivity index (χ0v) is 18.1. The Morgan fingerprint density at radius 2 is 1.75 bits per heavy atom. The van der Waals surface area contributed by atoms with E-state index in [9.17, 15) is 4.79 Å². The van der Waals surface area contributed by atoms with Gasteiger partial charge in [0.1, 0.15) is 5.60 Å². The van der Waals surface area contributed by atoms with Crippen molar-refractivity contribution < 1.29 is 23.6 Å². The molecule has 154 valence electrons. The molecular formula is C21H32BNO5. The minimum Gasteiger partial charge on any atom is -0.444 e. The first-order valence-corrected chi connectivity index (χ1v) is 9.94. The van der Waals surface area contributed by atoms with Gasteiger partial charge in [-0.25, -0.2) is 4.79 Å². The molecule has 0 N–H and O–H groups in total. The quantitative estimate of drug-likeness (QED) is 0.727. The number of hydrogen-bond acceptors (Lipinski definition) is 5. The maximum absolute atomic E-state index is 12.5. The van der Waals surface area contributed by atoms with Crippen LogP contribution in [-0.4, -0.2) is 54.6 Å². The van der Waals surface area contributed by atoms with Crippen LogP contribution in [0.1, 0.15) is 60.1 Å². The molecule has 1 aromatic carbocycles. The summed E-state index contributed by atoms with van der Waals surface area (Å²) < 4.78 is 24.0. The summed E-state index contributed by atoms with van der Waals surface area (Å²) in [6.07, 6.45) is -0.564. The predicted molar refractivity (Wildman–Crippen MR) is 109 cm³/mol. The Bertz CT molecular complexity index is 712. The predicted octanol–water partition coefficient (Wildman–Crippen LogP) is 3.29. The molecule has 1 atom stereocenters. The van der Waals surface area contributed by atoms with Crippen molar-refractivity contribution in [3.05, 3.63) is 29.8 Å². The maximum atomic E-state index is 12.5. The molecule has 6 nitrogen and oxygen atoms in total. The topological polar surface area (TPSA) is 57.2 Å². The van der Waals surface area contributed by atoms with Gasteiger partial charge in [-0.15, -0.1) is 0 Å². The number of carbonyl (C=O) groups is 1. The van der Waals surface area contributed by atoms with E-state index in [1.165, 1.54) is 0 Å². The molecule has 2 heterocycles. The number of nitrogens with zero attached hydrogens (tertiary/aromatic N) is 1. The van der Waals surface area contributed by atoms with Crippen LogP contribution in [0.4, 0.5) is 4.79 Å². The molecule has 0 saturated carbocycles. The molecule has 7 heteroatoms. The number of rotatable bonds is 2. The van der Waals surface area contributed by atoms with Gasteiger partial charge in [-0.05, 0) is 59.5 Å². The van der Waals surface area contributed by atoms with Crippen LogP contribution in [0.15, 0.2) is 24.3 Å². The van der Waals surface area contributed by atoms with Crippen molar-refractivity contribution >= 4 is 18.7 Å². The first-order chi connectivity index (χ1) is 12.9. The summed E-state index contributed by atoms with van der Waals surface area (Å²) in [4.78, 5) is 14.2. The molecule has 0 radical (unpaired) electrons. The standard InChI is InChI=1S/C21H32BNO5/c1-19(2,3)26-18(24)23-12-13-25-17(14-23)15-10-8-9-11-16(15)22-27-20(4,5)21(6,7)28-22/h8-11,17H,12-14H2,1-7H3. The minimum atomic E-state index is -0.522. The summed E-state index contributed by atoms with van der Waals surface area (Å²) in [6, 6.07) is 7.97. The van der Waals surface area contributed by atoms with Crippen LogP contribution in [0.5, 0.6) is 0 Å². The third-order valence-corrected chi connectivity index (χ3v) is 5.57. The fourth-order valence-electron chi connectivity index (χ4n) is 3.32. The largest absolute Gasteiger partial charge is 0.495 e. The number of amides is 1. The second-order valence-electron chi connectivity index (χ2n) is 9.50. The molecular weight excluding hydrogens is 357 g/mol. The van der Waals surface area contributed by atoms with E-state index in [1.807, 2.05) is 72.7 Å². The lowest BCUT2D eigenvalue weighted by molar-refractivity contribution is -0.0430. The van der Waals surface area contributed by atoms with Gasteiger partial charge < -0.3 is 23.7 Å². The molecule has 2 aliphatic rings. The Labute approximate surface area is 168 Å². The van der Waals surface area contributed by atoms with Crippen molar-refractivity contribution in [3.8, 4) is 0 Å². The van der Waals surface area contributed by atoms with Crippen molar-refractivity contribution in [3.63, 3.8) is 0 Å². The van der Waals surface area contributed by atoms with Crippen molar-refractivity contribution in [2.45, 2.75) is 71.4 Å². The molecule has 2 saturated heterocycles. The lowest BCUT2D eigenvalue weighted by Gasteiger charge is -2.35. The molecule has 1 aromatic rings. The van der Waals surface area contributed by atoms with E-state index < -0.39 is 23.9 Å². The zero-order chi connectivity index (χ0) is 20.7. The van der Waals surface area contributed by atoms with Crippen LogP contribution in [0.3, 0.4) is 0 Å². The monoisotopic (exact) mass is 389 g/mol. The van der Waals surface area contributed by atoms with E-state index in [4.69, 9.17) is 18.8 Å². The van der Waals surface area contributed by atoms with Gasteiger partial charge in [-0.3, -0.25) is 0 Å². The molecule has 2 aliphatic heterocycles. The maximum Gasteiger partial charge on any atom is 0.495 e. The second kappa shape index (κ2) is 7.36. The van der Waals surface area contributed by atoms with E-state index in [1.54, 1.807) is 4.90 Å². The number of benzene rings is 1. The Kier molecular flexibility index (Phi) is 5.56. The number of ether oxygens (including phenoxy) is 2. The van der Waals surface area contributed by atoms with Crippen LogP contribution in [-0.2, 0) is 18.8 Å². The fourth-order valence-corrected chi connectivity index (χ4v) is 3.32. The lowest BCUT2D eigenvalue weighted by Crippen LogP contribution is -2.46. The van der Waals surface area contributed by atoms with Gasteiger partial charge in [0, 0.05) is 6.54 Å². The van der Waals surface area contributed by atoms with E-state index in [-0.39, 0.29) is 12.2 Å². The van der Waals surface area contributed by atoms with E-state index in [0.717, 1.165) is 11.0 Å². The van der Waals surface area contributed by atoms with Crippen LogP contribution in [0.25, 0.3) is 0 Å². The van der Waals surface area contributed by atoms with Crippen LogP contribution < -0.4 is 5.46 Å². The molecule has 0 aliphatic carbocycles. The summed E-state index contributed by atoms with van der Waals surface area (Å²) in [5.74, 6) is 0. The summed E-state index contributed by atoms with van der Waals surface area (Å²) in [5, 5.41) is 0. The van der Waals surface area contributed by atoms with Crippen molar-refractivity contribution in [1.82, 2.24) is 4.90 Å². The third kappa shape index (κ3) is 4.37. The summed E-state index contributed by atoms with van der Waals surface area (Å²) in [5.41, 5.74) is 0.568. The summed E-state index contributed by atoms with van der Waals surface area (Å²) in [6.45, 7) is 15.2. The van der Waals surface area contributed by atoms with E-state index in [0.29, 0.717) is 19.7 Å². The van der Waals surface area contributed by atoms with Crippen LogP contribution in [0.2, 0.25) is 0 Å². The van der Waals surface area contributed by atoms with Gasteiger partial charge in [-0.2, -0.15) is 0 Å². The normalized spacial score (nSPS) is 24.3. The Morgan fingerprint density at radius 1 is 1.14 bits per heavy atom. The van der Waals surface area contributed by atoms with E-state index in [2.05, 4.69) is 0 Å². The average Bonchev–Trinajstić information content (AvgIpc) is 2.81. The molecule has 1 unspecified atom stereocenters. The average molecular weight is 389 g/mol. The van der Waals surface area contributed by atoms with Gasteiger partial charge in [0.25, 0.3) is 0 Å². The van der Waals surface area contributed by atoms with Gasteiger partial charge in [0.05, 0.1) is 30.5 Å². The zero-order valence-electron chi connectivity index (χ0n) is 18.1. The third-order valence-electron chi connectivity index (χ3n) is 5.57. The van der Waals surface area contributed by atoms with Crippen LogP contribution in [0, 0.1) is 0 Å². The number of morpholine rings is 1. The molecule has 0 spiro atoms. The van der Waals surface area contributed by atoms with Crippen molar-refractivity contribution in [1.29, 1.82) is 0 Å². The SMILES string of the molecule is CC(C)(C)OC(=O)N1CCOC(c2ccccc2B2OC(C)(C)C(C)(C)O2)C1. The van der Waals surface area contributed by atoms with Gasteiger partial charge >= 0.3 is 13.2 Å². The highest BCUT2D eigenvalue weighted by molar-refractivity contribution is 6.62. The molecule has 0 aromatic heterocycles. The second-order valence-corrected chi connectivity index (χ2v) is 9.50. The molecule has 0 bridgehead atoms. The summed E-state index contributed by atoms with van der Waals surface area (Å²) in [7, 11) is -0.471. The summed E-state index contributed by atoms with van der Waals surface area (Å²) >= 11 is 0. The Hall–Kier alpha value is -1.57.